The third-order valence-electron chi connectivity index (χ3n) is 5.33. The van der Waals surface area contributed by atoms with Crippen LogP contribution < -0.4 is 10.1 Å². The van der Waals surface area contributed by atoms with Gasteiger partial charge in [0.1, 0.15) is 18.2 Å². The highest BCUT2D eigenvalue weighted by Crippen LogP contribution is 2.35. The van der Waals surface area contributed by atoms with Crippen molar-refractivity contribution in [3.63, 3.8) is 0 Å². The van der Waals surface area contributed by atoms with Crippen molar-refractivity contribution in [3.8, 4) is 5.75 Å². The number of halogens is 2. The van der Waals surface area contributed by atoms with Gasteiger partial charge in [-0.25, -0.2) is 9.38 Å². The molecule has 1 saturated heterocycles. The Morgan fingerprint density at radius 3 is 2.51 bits per heavy atom. The minimum absolute atomic E-state index is 0.183. The number of aryl methyl sites for hydroxylation is 1. The van der Waals surface area contributed by atoms with Gasteiger partial charge in [0.05, 0.1) is 15.1 Å². The zero-order chi connectivity index (χ0) is 24.8. The van der Waals surface area contributed by atoms with Crippen molar-refractivity contribution in [2.45, 2.75) is 26.4 Å². The molecule has 3 aromatic carbocycles. The van der Waals surface area contributed by atoms with Crippen molar-refractivity contribution in [1.29, 1.82) is 0 Å². The first-order valence-electron chi connectivity index (χ1n) is 11.1. The van der Waals surface area contributed by atoms with Crippen LogP contribution in [-0.4, -0.2) is 11.1 Å². The maximum atomic E-state index is 13.2. The molecule has 0 radical (unpaired) electrons. The normalized spacial score (nSPS) is 15.5. The van der Waals surface area contributed by atoms with E-state index in [-0.39, 0.29) is 11.7 Å². The average Bonchev–Trinajstić information content (AvgIpc) is 3.18. The fraction of sp³-hybridized carbons (Fsp3) is 0.143. The van der Waals surface area contributed by atoms with E-state index in [9.17, 15) is 9.18 Å². The summed E-state index contributed by atoms with van der Waals surface area (Å²) in [6, 6.07) is 18.1. The van der Waals surface area contributed by atoms with Gasteiger partial charge in [0.25, 0.3) is 5.91 Å². The van der Waals surface area contributed by atoms with Crippen LogP contribution in [0.5, 0.6) is 5.75 Å². The predicted octanol–water partition coefficient (Wildman–Crippen LogP) is 7.35. The van der Waals surface area contributed by atoms with Crippen LogP contribution in [0.2, 0.25) is 0 Å². The molecule has 35 heavy (non-hydrogen) atoms. The van der Waals surface area contributed by atoms with Gasteiger partial charge in [0.2, 0.25) is 0 Å². The average molecular weight is 551 g/mol. The van der Waals surface area contributed by atoms with Crippen molar-refractivity contribution in [2.24, 2.45) is 4.99 Å². The molecule has 7 heteroatoms. The molecule has 4 nitrogen and oxygen atoms in total. The van der Waals surface area contributed by atoms with E-state index in [2.05, 4.69) is 39.7 Å². The fourth-order valence-electron chi connectivity index (χ4n) is 3.52. The molecule has 0 aliphatic carbocycles. The standard InChI is InChI=1S/C28H24BrFN2O2S/c1-3-5-21-14-20(15-24(29)26(21)34-17-19-6-10-22(30)11-7-19)16-25-27(33)32-28(35-25)31-23-12-8-18(4-2)9-13-23/h3,6-16H,1,4-5,17H2,2H3,(H,31,32,33)/b25-16-. The van der Waals surface area contributed by atoms with E-state index >= 15 is 0 Å². The van der Waals surface area contributed by atoms with Crippen LogP contribution >= 0.6 is 27.7 Å². The monoisotopic (exact) mass is 550 g/mol. The summed E-state index contributed by atoms with van der Waals surface area (Å²) in [7, 11) is 0. The fourth-order valence-corrected chi connectivity index (χ4v) is 4.99. The molecule has 0 atom stereocenters. The highest BCUT2D eigenvalue weighted by atomic mass is 79.9. The Kier molecular flexibility index (Phi) is 8.21. The van der Waals surface area contributed by atoms with Crippen molar-refractivity contribution < 1.29 is 13.9 Å². The van der Waals surface area contributed by atoms with E-state index < -0.39 is 0 Å². The van der Waals surface area contributed by atoms with E-state index in [1.54, 1.807) is 18.2 Å². The van der Waals surface area contributed by atoms with Gasteiger partial charge < -0.3 is 10.1 Å². The van der Waals surface area contributed by atoms with Gasteiger partial charge in [-0.3, -0.25) is 4.79 Å². The smallest absolute Gasteiger partial charge is 0.264 e. The summed E-state index contributed by atoms with van der Waals surface area (Å²) in [5.41, 5.74) is 4.68. The van der Waals surface area contributed by atoms with Crippen LogP contribution in [0.25, 0.3) is 6.08 Å². The summed E-state index contributed by atoms with van der Waals surface area (Å²) in [5.74, 6) is 0.228. The number of aliphatic imine (C=N–C) groups is 1. The van der Waals surface area contributed by atoms with Gasteiger partial charge in [-0.05, 0) is 105 Å². The molecule has 0 saturated carbocycles. The molecular formula is C28H24BrFN2O2S. The number of hydrogen-bond donors (Lipinski definition) is 1. The number of hydrogen-bond acceptors (Lipinski definition) is 4. The minimum atomic E-state index is -0.281. The minimum Gasteiger partial charge on any atom is -0.487 e. The van der Waals surface area contributed by atoms with Crippen LogP contribution in [0.4, 0.5) is 10.1 Å². The molecule has 1 N–H and O–H groups in total. The van der Waals surface area contributed by atoms with Crippen LogP contribution in [0, 0.1) is 5.82 Å². The van der Waals surface area contributed by atoms with Crippen molar-refractivity contribution in [1.82, 2.24) is 5.32 Å². The van der Waals surface area contributed by atoms with Gasteiger partial charge in [-0.1, -0.05) is 37.3 Å². The molecule has 3 aromatic rings. The van der Waals surface area contributed by atoms with Crippen LogP contribution in [0.3, 0.4) is 0 Å². The number of carbonyl (C=O) groups is 1. The molecule has 4 rings (SSSR count). The molecule has 1 fully saturated rings. The van der Waals surface area contributed by atoms with E-state index in [0.29, 0.717) is 28.9 Å². The highest BCUT2D eigenvalue weighted by molar-refractivity contribution is 9.10. The Morgan fingerprint density at radius 2 is 1.83 bits per heavy atom. The SMILES string of the molecule is C=CCc1cc(/C=C2\SC(=Nc3ccc(CC)cc3)NC2=O)cc(Br)c1OCc1ccc(F)cc1. The lowest BCUT2D eigenvalue weighted by Crippen LogP contribution is -2.19. The van der Waals surface area contributed by atoms with Crippen molar-refractivity contribution >= 4 is 50.5 Å². The molecule has 178 valence electrons. The molecular weight excluding hydrogens is 527 g/mol. The molecule has 0 bridgehead atoms. The molecule has 0 spiro atoms. The summed E-state index contributed by atoms with van der Waals surface area (Å²) >= 11 is 4.92. The predicted molar refractivity (Wildman–Crippen MR) is 145 cm³/mol. The zero-order valence-electron chi connectivity index (χ0n) is 19.2. The highest BCUT2D eigenvalue weighted by Gasteiger charge is 2.24. The number of amidine groups is 1. The lowest BCUT2D eigenvalue weighted by Gasteiger charge is -2.14. The number of ether oxygens (including phenoxy) is 1. The molecule has 0 unspecified atom stereocenters. The molecule has 1 aliphatic heterocycles. The number of thioether (sulfide) groups is 1. The first-order chi connectivity index (χ1) is 16.9. The van der Waals surface area contributed by atoms with Gasteiger partial charge in [-0.2, -0.15) is 0 Å². The quantitative estimate of drug-likeness (QED) is 0.235. The Morgan fingerprint density at radius 1 is 1.11 bits per heavy atom. The maximum absolute atomic E-state index is 13.2. The summed E-state index contributed by atoms with van der Waals surface area (Å²) in [6.07, 6.45) is 5.20. The summed E-state index contributed by atoms with van der Waals surface area (Å²) in [5, 5.41) is 3.39. The number of nitrogens with one attached hydrogen (secondary N) is 1. The zero-order valence-corrected chi connectivity index (χ0v) is 21.6. The third kappa shape index (κ3) is 6.50. The van der Waals surface area contributed by atoms with Gasteiger partial charge in [0.15, 0.2) is 5.17 Å². The maximum Gasteiger partial charge on any atom is 0.264 e. The largest absolute Gasteiger partial charge is 0.487 e. The number of amides is 1. The second-order valence-electron chi connectivity index (χ2n) is 7.90. The Balaban J connectivity index is 1.54. The molecule has 1 amide bonds. The van der Waals surface area contributed by atoms with E-state index in [4.69, 9.17) is 4.74 Å². The molecule has 1 aliphatic rings. The number of nitrogens with zero attached hydrogens (tertiary/aromatic N) is 1. The third-order valence-corrected chi connectivity index (χ3v) is 6.83. The second-order valence-corrected chi connectivity index (χ2v) is 9.79. The van der Waals surface area contributed by atoms with Gasteiger partial charge in [0, 0.05) is 0 Å². The van der Waals surface area contributed by atoms with Gasteiger partial charge in [-0.15, -0.1) is 6.58 Å². The topological polar surface area (TPSA) is 50.7 Å². The van der Waals surface area contributed by atoms with Crippen molar-refractivity contribution in [2.75, 3.05) is 0 Å². The van der Waals surface area contributed by atoms with Crippen LogP contribution in [0.15, 0.2) is 87.7 Å². The summed E-state index contributed by atoms with van der Waals surface area (Å²) < 4.78 is 20.0. The number of rotatable bonds is 8. The lowest BCUT2D eigenvalue weighted by atomic mass is 10.1. The van der Waals surface area contributed by atoms with Crippen LogP contribution in [0.1, 0.15) is 29.2 Å². The Bertz CT molecular complexity index is 1300. The van der Waals surface area contributed by atoms with Crippen molar-refractivity contribution in [3.05, 3.63) is 111 Å². The van der Waals surface area contributed by atoms with E-state index in [0.717, 1.165) is 33.3 Å². The molecule has 0 aromatic heterocycles. The lowest BCUT2D eigenvalue weighted by molar-refractivity contribution is -0.115. The van der Waals surface area contributed by atoms with Crippen LogP contribution in [-0.2, 0) is 24.2 Å². The number of carbonyl (C=O) groups excluding carboxylic acids is 1. The van der Waals surface area contributed by atoms with E-state index in [1.807, 2.05) is 42.5 Å². The second kappa shape index (κ2) is 11.5. The first kappa shape index (κ1) is 24.9. The van der Waals surface area contributed by atoms with Gasteiger partial charge >= 0.3 is 0 Å². The first-order valence-corrected chi connectivity index (χ1v) is 12.7. The Hall–Kier alpha value is -3.16. The van der Waals surface area contributed by atoms with E-state index in [1.165, 1.54) is 29.5 Å². The summed E-state index contributed by atoms with van der Waals surface area (Å²) in [4.78, 5) is 17.7. The number of allylic oxidation sites excluding steroid dienone is 1. The number of benzene rings is 3. The Labute approximate surface area is 217 Å². The molecule has 1 heterocycles. The summed E-state index contributed by atoms with van der Waals surface area (Å²) in [6.45, 7) is 6.26.